The molecule has 20 heavy (non-hydrogen) atoms. The molecular weight excluding hydrogens is 248 g/mol. The average Bonchev–Trinajstić information content (AvgIpc) is 2.83. The number of hydrogen-bond acceptors (Lipinski definition) is 3. The highest BCUT2D eigenvalue weighted by Gasteiger charge is 2.14. The van der Waals surface area contributed by atoms with E-state index in [1.54, 1.807) is 6.33 Å². The first kappa shape index (κ1) is 14.7. The van der Waals surface area contributed by atoms with Crippen LogP contribution >= 0.6 is 0 Å². The molecule has 4 heteroatoms. The van der Waals surface area contributed by atoms with Crippen molar-refractivity contribution in [2.75, 3.05) is 7.05 Å². The van der Waals surface area contributed by atoms with Gasteiger partial charge in [0.15, 0.2) is 0 Å². The summed E-state index contributed by atoms with van der Waals surface area (Å²) in [5, 5.41) is 7.70. The molecule has 0 fully saturated rings. The highest BCUT2D eigenvalue weighted by Crippen LogP contribution is 2.18. The van der Waals surface area contributed by atoms with E-state index in [0.29, 0.717) is 5.92 Å². The molecule has 0 saturated heterocycles. The molecule has 1 atom stereocenters. The number of rotatable bonds is 6. The minimum absolute atomic E-state index is 0.269. The Labute approximate surface area is 121 Å². The lowest BCUT2D eigenvalue weighted by Crippen LogP contribution is -2.21. The van der Waals surface area contributed by atoms with E-state index in [4.69, 9.17) is 0 Å². The zero-order valence-electron chi connectivity index (χ0n) is 12.8. The molecule has 1 N–H and O–H groups in total. The summed E-state index contributed by atoms with van der Waals surface area (Å²) in [5.74, 6) is 1.61. The summed E-state index contributed by atoms with van der Waals surface area (Å²) in [6.07, 6.45) is 2.51. The van der Waals surface area contributed by atoms with E-state index in [-0.39, 0.29) is 6.04 Å². The number of aryl methyl sites for hydroxylation is 1. The van der Waals surface area contributed by atoms with Gasteiger partial charge in [-0.25, -0.2) is 9.67 Å². The van der Waals surface area contributed by atoms with Crippen LogP contribution in [0.3, 0.4) is 0 Å². The van der Waals surface area contributed by atoms with Crippen LogP contribution in [-0.2, 0) is 13.0 Å². The van der Waals surface area contributed by atoms with Crippen LogP contribution in [0.15, 0.2) is 30.6 Å². The minimum atomic E-state index is 0.269. The Hall–Kier alpha value is -1.68. The summed E-state index contributed by atoms with van der Waals surface area (Å²) in [6.45, 7) is 7.42. The van der Waals surface area contributed by atoms with Gasteiger partial charge in [-0.1, -0.05) is 43.7 Å². The van der Waals surface area contributed by atoms with E-state index in [2.05, 4.69) is 60.4 Å². The molecule has 1 heterocycles. The molecule has 0 aliphatic heterocycles. The first-order chi connectivity index (χ1) is 9.60. The van der Waals surface area contributed by atoms with Gasteiger partial charge >= 0.3 is 0 Å². The Morgan fingerprint density at radius 2 is 1.90 bits per heavy atom. The lowest BCUT2D eigenvalue weighted by molar-refractivity contribution is 0.451. The molecule has 0 spiro atoms. The molecule has 2 aromatic rings. The Kier molecular flexibility index (Phi) is 4.90. The van der Waals surface area contributed by atoms with Crippen molar-refractivity contribution in [3.05, 3.63) is 47.5 Å². The van der Waals surface area contributed by atoms with E-state index in [0.717, 1.165) is 18.8 Å². The maximum absolute atomic E-state index is 4.41. The molecule has 0 amide bonds. The number of aromatic nitrogens is 3. The number of nitrogens with one attached hydrogen (secondary N) is 1. The van der Waals surface area contributed by atoms with E-state index in [1.165, 1.54) is 11.1 Å². The predicted molar refractivity (Wildman–Crippen MR) is 81.5 cm³/mol. The van der Waals surface area contributed by atoms with Gasteiger partial charge in [0.05, 0.1) is 0 Å². The van der Waals surface area contributed by atoms with Crippen molar-refractivity contribution in [3.63, 3.8) is 0 Å². The quantitative estimate of drug-likeness (QED) is 0.879. The van der Waals surface area contributed by atoms with Crippen molar-refractivity contribution in [1.82, 2.24) is 20.1 Å². The van der Waals surface area contributed by atoms with Gasteiger partial charge in [-0.15, -0.1) is 0 Å². The second-order valence-electron chi connectivity index (χ2n) is 5.71. The third kappa shape index (κ3) is 3.67. The number of hydrogen-bond donors (Lipinski definition) is 1. The predicted octanol–water partition coefficient (Wildman–Crippen LogP) is 2.75. The van der Waals surface area contributed by atoms with Crippen molar-refractivity contribution >= 4 is 0 Å². The highest BCUT2D eigenvalue weighted by atomic mass is 15.3. The molecule has 1 aromatic heterocycles. The maximum Gasteiger partial charge on any atom is 0.138 e. The van der Waals surface area contributed by atoms with Crippen molar-refractivity contribution < 1.29 is 0 Å². The van der Waals surface area contributed by atoms with Gasteiger partial charge in [-0.05, 0) is 25.5 Å². The number of nitrogens with zero attached hydrogens (tertiary/aromatic N) is 3. The standard InChI is InChI=1S/C16H24N4/c1-12(2)10-20-16(18-11-19-20)9-15(17-4)14-7-5-13(3)6-8-14/h5-8,11-12,15,17H,9-10H2,1-4H3. The van der Waals surface area contributed by atoms with E-state index >= 15 is 0 Å². The summed E-state index contributed by atoms with van der Waals surface area (Å²) in [7, 11) is 1.99. The van der Waals surface area contributed by atoms with Gasteiger partial charge in [0.2, 0.25) is 0 Å². The Balaban J connectivity index is 2.14. The molecule has 1 unspecified atom stereocenters. The van der Waals surface area contributed by atoms with E-state index < -0.39 is 0 Å². The van der Waals surface area contributed by atoms with Crippen LogP contribution in [-0.4, -0.2) is 21.8 Å². The third-order valence-electron chi connectivity index (χ3n) is 3.45. The normalized spacial score (nSPS) is 12.8. The second kappa shape index (κ2) is 6.66. The summed E-state index contributed by atoms with van der Waals surface area (Å²) in [4.78, 5) is 4.41. The molecule has 4 nitrogen and oxygen atoms in total. The largest absolute Gasteiger partial charge is 0.313 e. The molecule has 108 valence electrons. The lowest BCUT2D eigenvalue weighted by atomic mass is 10.0. The Morgan fingerprint density at radius 3 is 2.50 bits per heavy atom. The summed E-state index contributed by atoms with van der Waals surface area (Å²) < 4.78 is 2.02. The van der Waals surface area contributed by atoms with E-state index in [9.17, 15) is 0 Å². The zero-order chi connectivity index (χ0) is 14.5. The molecular formula is C16H24N4. The van der Waals surface area contributed by atoms with Gasteiger partial charge in [0, 0.05) is 19.0 Å². The Morgan fingerprint density at radius 1 is 1.20 bits per heavy atom. The molecule has 0 radical (unpaired) electrons. The van der Waals surface area contributed by atoms with Crippen molar-refractivity contribution in [1.29, 1.82) is 0 Å². The van der Waals surface area contributed by atoms with Crippen LogP contribution in [0.4, 0.5) is 0 Å². The fourth-order valence-electron chi connectivity index (χ4n) is 2.31. The SMILES string of the molecule is CNC(Cc1ncnn1CC(C)C)c1ccc(C)cc1. The molecule has 0 bridgehead atoms. The minimum Gasteiger partial charge on any atom is -0.313 e. The van der Waals surface area contributed by atoms with Crippen molar-refractivity contribution in [3.8, 4) is 0 Å². The van der Waals surface area contributed by atoms with Crippen LogP contribution in [0.1, 0.15) is 36.8 Å². The molecule has 0 aliphatic rings. The van der Waals surface area contributed by atoms with Crippen LogP contribution in [0.25, 0.3) is 0 Å². The molecule has 0 aliphatic carbocycles. The average molecular weight is 272 g/mol. The van der Waals surface area contributed by atoms with Crippen molar-refractivity contribution in [2.24, 2.45) is 5.92 Å². The van der Waals surface area contributed by atoms with E-state index in [1.807, 2.05) is 11.7 Å². The fourth-order valence-corrected chi connectivity index (χ4v) is 2.31. The molecule has 1 aromatic carbocycles. The van der Waals surface area contributed by atoms with Crippen LogP contribution in [0.2, 0.25) is 0 Å². The van der Waals surface area contributed by atoms with Gasteiger partial charge in [0.1, 0.15) is 12.2 Å². The van der Waals surface area contributed by atoms with Crippen LogP contribution in [0, 0.1) is 12.8 Å². The fraction of sp³-hybridized carbons (Fsp3) is 0.500. The van der Waals surface area contributed by atoms with Crippen molar-refractivity contribution in [2.45, 2.75) is 39.8 Å². The highest BCUT2D eigenvalue weighted by molar-refractivity contribution is 5.24. The molecule has 0 saturated carbocycles. The van der Waals surface area contributed by atoms with Crippen LogP contribution in [0.5, 0.6) is 0 Å². The smallest absolute Gasteiger partial charge is 0.138 e. The van der Waals surface area contributed by atoms with Gasteiger partial charge in [0.25, 0.3) is 0 Å². The monoisotopic (exact) mass is 272 g/mol. The lowest BCUT2D eigenvalue weighted by Gasteiger charge is -2.17. The van der Waals surface area contributed by atoms with Gasteiger partial charge in [-0.2, -0.15) is 5.10 Å². The third-order valence-corrected chi connectivity index (χ3v) is 3.45. The first-order valence-electron chi connectivity index (χ1n) is 7.20. The topological polar surface area (TPSA) is 42.7 Å². The first-order valence-corrected chi connectivity index (χ1v) is 7.20. The van der Waals surface area contributed by atoms with Gasteiger partial charge < -0.3 is 5.32 Å². The zero-order valence-corrected chi connectivity index (χ0v) is 12.8. The maximum atomic E-state index is 4.41. The number of benzene rings is 1. The summed E-state index contributed by atoms with van der Waals surface area (Å²) in [5.41, 5.74) is 2.57. The second-order valence-corrected chi connectivity index (χ2v) is 5.71. The summed E-state index contributed by atoms with van der Waals surface area (Å²) >= 11 is 0. The molecule has 2 rings (SSSR count). The number of likely N-dealkylation sites (N-methyl/N-ethyl adjacent to an activating group) is 1. The van der Waals surface area contributed by atoms with Crippen LogP contribution < -0.4 is 5.32 Å². The summed E-state index contributed by atoms with van der Waals surface area (Å²) in [6, 6.07) is 8.93. The Bertz CT molecular complexity index is 528. The van der Waals surface area contributed by atoms with Gasteiger partial charge in [-0.3, -0.25) is 0 Å².